The van der Waals surface area contributed by atoms with Gasteiger partial charge in [-0.3, -0.25) is 0 Å². The van der Waals surface area contributed by atoms with Crippen LogP contribution in [0.25, 0.3) is 10.8 Å². The lowest BCUT2D eigenvalue weighted by atomic mass is 10.0. The number of hydrogen-bond acceptors (Lipinski definition) is 0. The van der Waals surface area contributed by atoms with Gasteiger partial charge in [0.25, 0.3) is 0 Å². The molecular formula is C12H8BrF3. The second-order valence-corrected chi connectivity index (χ2v) is 4.09. The van der Waals surface area contributed by atoms with E-state index in [1.165, 1.54) is 12.1 Å². The average Bonchev–Trinajstić information content (AvgIpc) is 2.26. The van der Waals surface area contributed by atoms with Crippen LogP contribution >= 0.6 is 15.9 Å². The fraction of sp³-hybridized carbons (Fsp3) is 0.167. The molecule has 0 aliphatic carbocycles. The van der Waals surface area contributed by atoms with Gasteiger partial charge >= 0.3 is 6.18 Å². The van der Waals surface area contributed by atoms with Gasteiger partial charge in [0.2, 0.25) is 0 Å². The molecule has 0 bridgehead atoms. The van der Waals surface area contributed by atoms with Crippen molar-refractivity contribution in [2.45, 2.75) is 11.5 Å². The summed E-state index contributed by atoms with van der Waals surface area (Å²) in [5, 5.41) is 2.13. The third-order valence-corrected chi connectivity index (χ3v) is 3.03. The van der Waals surface area contributed by atoms with E-state index in [4.69, 9.17) is 0 Å². The minimum atomic E-state index is -4.28. The van der Waals surface area contributed by atoms with Crippen LogP contribution in [-0.2, 0) is 11.5 Å². The first-order valence-electron chi connectivity index (χ1n) is 4.66. The van der Waals surface area contributed by atoms with E-state index in [0.717, 1.165) is 17.0 Å². The second-order valence-electron chi connectivity index (χ2n) is 3.53. The van der Waals surface area contributed by atoms with Crippen molar-refractivity contribution < 1.29 is 13.2 Å². The molecule has 0 unspecified atom stereocenters. The largest absolute Gasteiger partial charge is 0.416 e. The molecule has 2 aromatic rings. The highest BCUT2D eigenvalue weighted by Gasteiger charge is 2.30. The number of hydrogen-bond donors (Lipinski definition) is 0. The maximum Gasteiger partial charge on any atom is 0.416 e. The Morgan fingerprint density at radius 1 is 0.938 bits per heavy atom. The van der Waals surface area contributed by atoms with Crippen molar-refractivity contribution in [3.63, 3.8) is 0 Å². The maximum atomic E-state index is 12.5. The Labute approximate surface area is 99.2 Å². The van der Waals surface area contributed by atoms with Crippen LogP contribution in [0, 0.1) is 0 Å². The van der Waals surface area contributed by atoms with Gasteiger partial charge in [0.15, 0.2) is 0 Å². The average molecular weight is 289 g/mol. The molecule has 16 heavy (non-hydrogen) atoms. The summed E-state index contributed by atoms with van der Waals surface area (Å²) in [6, 6.07) is 9.20. The van der Waals surface area contributed by atoms with Crippen molar-refractivity contribution in [1.29, 1.82) is 0 Å². The van der Waals surface area contributed by atoms with Gasteiger partial charge in [0, 0.05) is 5.33 Å². The Kier molecular flexibility index (Phi) is 2.93. The molecule has 2 aromatic carbocycles. The first-order valence-corrected chi connectivity index (χ1v) is 5.79. The molecule has 0 N–H and O–H groups in total. The molecule has 4 heteroatoms. The van der Waals surface area contributed by atoms with Crippen LogP contribution in [0.5, 0.6) is 0 Å². The Hall–Kier alpha value is -1.03. The quantitative estimate of drug-likeness (QED) is 0.664. The van der Waals surface area contributed by atoms with Crippen molar-refractivity contribution in [2.75, 3.05) is 0 Å². The Bertz CT molecular complexity index is 517. The molecule has 0 atom stereocenters. The fourth-order valence-electron chi connectivity index (χ4n) is 1.55. The van der Waals surface area contributed by atoms with Gasteiger partial charge in [-0.1, -0.05) is 40.2 Å². The highest BCUT2D eigenvalue weighted by Crippen LogP contribution is 2.31. The first-order chi connectivity index (χ1) is 7.50. The summed E-state index contributed by atoms with van der Waals surface area (Å²) < 4.78 is 37.4. The maximum absolute atomic E-state index is 12.5. The van der Waals surface area contributed by atoms with E-state index in [-0.39, 0.29) is 0 Å². The zero-order valence-corrected chi connectivity index (χ0v) is 9.77. The van der Waals surface area contributed by atoms with E-state index in [9.17, 15) is 13.2 Å². The molecule has 2 rings (SSSR count). The van der Waals surface area contributed by atoms with Gasteiger partial charge in [0.1, 0.15) is 0 Å². The monoisotopic (exact) mass is 288 g/mol. The molecule has 0 aliphatic heterocycles. The van der Waals surface area contributed by atoms with Crippen molar-refractivity contribution in [1.82, 2.24) is 0 Å². The molecule has 0 nitrogen and oxygen atoms in total. The van der Waals surface area contributed by atoms with Gasteiger partial charge < -0.3 is 0 Å². The summed E-state index contributed by atoms with van der Waals surface area (Å²) in [4.78, 5) is 0. The van der Waals surface area contributed by atoms with Crippen molar-refractivity contribution in [3.05, 3.63) is 47.5 Å². The topological polar surface area (TPSA) is 0 Å². The van der Waals surface area contributed by atoms with Crippen LogP contribution < -0.4 is 0 Å². The fourth-order valence-corrected chi connectivity index (χ4v) is 1.90. The van der Waals surface area contributed by atoms with E-state index < -0.39 is 11.7 Å². The highest BCUT2D eigenvalue weighted by molar-refractivity contribution is 9.08. The number of halogens is 4. The zero-order valence-electron chi connectivity index (χ0n) is 8.18. The lowest BCUT2D eigenvalue weighted by Gasteiger charge is -2.08. The minimum absolute atomic E-state index is 0.605. The third kappa shape index (κ3) is 2.21. The van der Waals surface area contributed by atoms with Gasteiger partial charge in [-0.15, -0.1) is 0 Å². The summed E-state index contributed by atoms with van der Waals surface area (Å²) in [6.45, 7) is 0. The summed E-state index contributed by atoms with van der Waals surface area (Å²) in [7, 11) is 0. The number of fused-ring (bicyclic) bond motifs is 1. The predicted octanol–water partition coefficient (Wildman–Crippen LogP) is 4.75. The molecule has 0 amide bonds. The molecular weight excluding hydrogens is 281 g/mol. The second kappa shape index (κ2) is 4.09. The van der Waals surface area contributed by atoms with Gasteiger partial charge in [0.05, 0.1) is 5.56 Å². The van der Waals surface area contributed by atoms with Crippen molar-refractivity contribution in [3.8, 4) is 0 Å². The standard InChI is InChI=1S/C12H8BrF3/c13-7-8-1-2-10-6-11(12(14,15)16)4-3-9(10)5-8/h1-6H,7H2. The number of benzene rings is 2. The first kappa shape index (κ1) is 11.5. The molecule has 0 heterocycles. The SMILES string of the molecule is FC(F)(F)c1ccc2cc(CBr)ccc2c1. The van der Waals surface area contributed by atoms with Gasteiger partial charge in [-0.2, -0.15) is 13.2 Å². The number of alkyl halides is 4. The van der Waals surface area contributed by atoms with Crippen LogP contribution in [0.2, 0.25) is 0 Å². The van der Waals surface area contributed by atoms with Crippen LogP contribution in [0.4, 0.5) is 13.2 Å². The summed E-state index contributed by atoms with van der Waals surface area (Å²) >= 11 is 3.31. The number of rotatable bonds is 1. The minimum Gasteiger partial charge on any atom is -0.166 e. The predicted molar refractivity (Wildman–Crippen MR) is 61.6 cm³/mol. The molecule has 0 aliphatic rings. The Balaban J connectivity index is 2.56. The van der Waals surface area contributed by atoms with Gasteiger partial charge in [-0.05, 0) is 28.5 Å². The lowest BCUT2D eigenvalue weighted by molar-refractivity contribution is -0.137. The van der Waals surface area contributed by atoms with E-state index >= 15 is 0 Å². The van der Waals surface area contributed by atoms with Crippen LogP contribution in [0.15, 0.2) is 36.4 Å². The molecule has 0 fully saturated rings. The zero-order chi connectivity index (χ0) is 11.8. The van der Waals surface area contributed by atoms with Crippen molar-refractivity contribution >= 4 is 26.7 Å². The molecule has 0 radical (unpaired) electrons. The smallest absolute Gasteiger partial charge is 0.166 e. The highest BCUT2D eigenvalue weighted by atomic mass is 79.9. The molecule has 0 spiro atoms. The lowest BCUT2D eigenvalue weighted by Crippen LogP contribution is -2.04. The molecule has 0 saturated carbocycles. The summed E-state index contributed by atoms with van der Waals surface area (Å²) in [6.07, 6.45) is -4.28. The van der Waals surface area contributed by atoms with Crippen LogP contribution in [0.1, 0.15) is 11.1 Å². The third-order valence-electron chi connectivity index (χ3n) is 2.39. The van der Waals surface area contributed by atoms with Crippen molar-refractivity contribution in [2.24, 2.45) is 0 Å². The van der Waals surface area contributed by atoms with Gasteiger partial charge in [-0.25, -0.2) is 0 Å². The van der Waals surface area contributed by atoms with Crippen LogP contribution in [0.3, 0.4) is 0 Å². The van der Waals surface area contributed by atoms with E-state index in [1.807, 2.05) is 12.1 Å². The van der Waals surface area contributed by atoms with E-state index in [2.05, 4.69) is 15.9 Å². The Morgan fingerprint density at radius 2 is 1.56 bits per heavy atom. The Morgan fingerprint density at radius 3 is 2.19 bits per heavy atom. The molecule has 84 valence electrons. The summed E-state index contributed by atoms with van der Waals surface area (Å²) in [5.41, 5.74) is 0.443. The van der Waals surface area contributed by atoms with E-state index in [0.29, 0.717) is 10.7 Å². The van der Waals surface area contributed by atoms with E-state index in [1.54, 1.807) is 6.07 Å². The van der Waals surface area contributed by atoms with Crippen LogP contribution in [-0.4, -0.2) is 0 Å². The molecule has 0 saturated heterocycles. The normalized spacial score (nSPS) is 12.0. The molecule has 0 aromatic heterocycles. The summed E-state index contributed by atoms with van der Waals surface area (Å²) in [5.74, 6) is 0.